The first-order valence-corrected chi connectivity index (χ1v) is 38.8. The summed E-state index contributed by atoms with van der Waals surface area (Å²) >= 11 is -0.397. The zero-order chi connectivity index (χ0) is 68.8. The minimum absolute atomic E-state index is 0.131. The summed E-state index contributed by atoms with van der Waals surface area (Å²) in [4.78, 5) is 14.9. The number of phenolic OH excluding ortho intramolecular Hbond substituents is 1. The van der Waals surface area contributed by atoms with Crippen molar-refractivity contribution < 1.29 is 20.0 Å². The van der Waals surface area contributed by atoms with Crippen LogP contribution in [0.4, 0.5) is 0 Å². The number of hydrogen-bond donors (Lipinski definition) is 2. The number of aryl methyl sites for hydroxylation is 2. The van der Waals surface area contributed by atoms with Gasteiger partial charge in [-0.3, -0.25) is 0 Å². The Labute approximate surface area is 585 Å². The van der Waals surface area contributed by atoms with Gasteiger partial charge in [0.1, 0.15) is 6.54 Å². The molecular formula is C90H102NO3SSe+. The molecule has 10 aromatic carbocycles. The molecular weight excluding hydrogens is 1250 g/mol. The number of carbonyl (C=O) groups excluding carboxylic acids is 1. The number of carbonyl (C=O) groups is 1. The summed E-state index contributed by atoms with van der Waals surface area (Å²) in [5, 5.41) is 14.3. The molecule has 0 aliphatic heterocycles. The molecule has 0 bridgehead atoms. The first-order valence-electron chi connectivity index (χ1n) is 35.1. The fraction of sp³-hybridized carbons (Fsp3) is 0.322. The van der Waals surface area contributed by atoms with Gasteiger partial charge in [-0.1, -0.05) is 29.3 Å². The van der Waals surface area contributed by atoms with Gasteiger partial charge < -0.3 is 5.32 Å². The number of benzene rings is 10. The number of esters is 1. The van der Waals surface area contributed by atoms with Crippen molar-refractivity contribution in [3.8, 4) is 72.5 Å². The Morgan fingerprint density at radius 1 is 0.385 bits per heavy atom. The summed E-state index contributed by atoms with van der Waals surface area (Å²) in [5.41, 5.74) is 31.8. The predicted octanol–water partition coefficient (Wildman–Crippen LogP) is 23.7. The average molecular weight is 1360 g/mol. The number of phenols is 1. The molecule has 0 fully saturated rings. The predicted molar refractivity (Wildman–Crippen MR) is 412 cm³/mol. The van der Waals surface area contributed by atoms with Crippen LogP contribution in [-0.4, -0.2) is 24.9 Å². The van der Waals surface area contributed by atoms with Gasteiger partial charge in [-0.25, -0.2) is 0 Å². The van der Waals surface area contributed by atoms with Crippen LogP contribution >= 0.6 is 10.2 Å². The first-order chi connectivity index (χ1) is 45.9. The van der Waals surface area contributed by atoms with Crippen molar-refractivity contribution in [2.75, 3.05) is 0 Å². The van der Waals surface area contributed by atoms with E-state index in [0.29, 0.717) is 10.5 Å². The number of aromatic hydroxyl groups is 1. The Morgan fingerprint density at radius 3 is 1.06 bits per heavy atom. The molecule has 0 atom stereocenters. The van der Waals surface area contributed by atoms with E-state index in [9.17, 15) is 9.90 Å². The number of rotatable bonds is 24. The SMILES string of the molecule is Cc1cc(C)cc(C[NH2+]Cc2ccc(COC(=O)c3ccc(O)c(S[Se]c4c(-c5cc(-c6c(C(C)C)cccc6C(C)C)cc(-c6c(C(C)C)cccc6C(C)C)c5)cccc4-c4cc(-c5c(C(C)C)cccc5C(C)C)cc(-c5c(C(C)C)cccc5C(C)C)c4)c3)cc2)c1. The van der Waals surface area contributed by atoms with Gasteiger partial charge in [0, 0.05) is 5.56 Å². The Hall–Kier alpha value is -7.70. The van der Waals surface area contributed by atoms with Crippen molar-refractivity contribution in [1.82, 2.24) is 0 Å². The molecule has 0 aliphatic rings. The van der Waals surface area contributed by atoms with E-state index in [4.69, 9.17) is 4.74 Å². The zero-order valence-corrected chi connectivity index (χ0v) is 62.8. The number of quaternary nitrogens is 1. The Bertz CT molecular complexity index is 3930. The second-order valence-corrected chi connectivity index (χ2v) is 32.9. The number of ether oxygens (including phenoxy) is 1. The summed E-state index contributed by atoms with van der Waals surface area (Å²) in [5.74, 6) is 2.00. The van der Waals surface area contributed by atoms with E-state index in [1.807, 2.05) is 6.07 Å². The summed E-state index contributed by atoms with van der Waals surface area (Å²) < 4.78 is 7.27. The maximum absolute atomic E-state index is 14.2. The van der Waals surface area contributed by atoms with Gasteiger partial charge >= 0.3 is 529 Å². The molecule has 0 radical (unpaired) electrons. The summed E-state index contributed by atoms with van der Waals surface area (Å²) in [6, 6.07) is 69.8. The largest absolute Gasteiger partial charge is 0.0505 e. The Balaban J connectivity index is 1.16. The van der Waals surface area contributed by atoms with Gasteiger partial charge in [-0.05, 0) is 13.8 Å². The first kappa shape index (κ1) is 71.1. The van der Waals surface area contributed by atoms with Crippen molar-refractivity contribution in [2.24, 2.45) is 0 Å². The fourth-order valence-corrected chi connectivity index (χ4v) is 18.7. The second kappa shape index (κ2) is 31.2. The van der Waals surface area contributed by atoms with E-state index in [2.05, 4.69) is 300 Å². The van der Waals surface area contributed by atoms with Crippen LogP contribution in [0.2, 0.25) is 0 Å². The molecule has 6 heteroatoms. The molecule has 0 aliphatic carbocycles. The molecule has 0 spiro atoms. The molecule has 0 saturated carbocycles. The van der Waals surface area contributed by atoms with Crippen molar-refractivity contribution in [1.29, 1.82) is 0 Å². The van der Waals surface area contributed by atoms with E-state index in [1.165, 1.54) is 116 Å². The minimum Gasteiger partial charge on any atom is -0.0505 e. The van der Waals surface area contributed by atoms with Gasteiger partial charge in [0.15, 0.2) is 0 Å². The van der Waals surface area contributed by atoms with Crippen molar-refractivity contribution in [2.45, 2.75) is 197 Å². The molecule has 0 saturated heterocycles. The Morgan fingerprint density at radius 2 is 0.708 bits per heavy atom. The number of nitrogens with two attached hydrogens (primary N) is 1. The van der Waals surface area contributed by atoms with Crippen LogP contribution in [0.3, 0.4) is 0 Å². The summed E-state index contributed by atoms with van der Waals surface area (Å²) in [7, 11) is 1.63. The molecule has 0 aromatic heterocycles. The van der Waals surface area contributed by atoms with Crippen molar-refractivity contribution in [3.63, 3.8) is 0 Å². The molecule has 0 heterocycles. The minimum atomic E-state index is -0.431. The smallest absolute Gasteiger partial charge is 0.0505 e. The van der Waals surface area contributed by atoms with Gasteiger partial charge in [0.2, 0.25) is 0 Å². The van der Waals surface area contributed by atoms with Crippen LogP contribution in [0.25, 0.3) is 66.8 Å². The third-order valence-electron chi connectivity index (χ3n) is 19.0. The van der Waals surface area contributed by atoms with Crippen LogP contribution in [0.5, 0.6) is 5.75 Å². The molecule has 0 amide bonds. The van der Waals surface area contributed by atoms with Crippen LogP contribution < -0.4 is 9.78 Å². The van der Waals surface area contributed by atoms with E-state index in [-0.39, 0.29) is 59.7 Å². The average Bonchev–Trinajstić information content (AvgIpc) is 0.774. The van der Waals surface area contributed by atoms with Crippen LogP contribution in [0.15, 0.2) is 193 Å². The molecule has 96 heavy (non-hydrogen) atoms. The zero-order valence-electron chi connectivity index (χ0n) is 60.3. The van der Waals surface area contributed by atoms with Gasteiger partial charge in [0.05, 0.1) is 0 Å². The summed E-state index contributed by atoms with van der Waals surface area (Å²) in [6.45, 7) is 43.4. The maximum atomic E-state index is 14.2. The standard InChI is InChI=1S/C90H101NO3SSe/c1-53(2)73-24-19-25-74(54(3)4)85(73)69-43-67(44-70(47-69)86-75(55(5)6)26-20-27-76(86)56(7)8)81-32-23-33-82(68-45-71(87-77(57(9)10)28-21-29-78(87)58(11)12)48-72(46-68)88-79(59(13)14)30-22-31-80(88)60(15)16)89(81)96-95-84-49-66(38-39-83(84)92)90(93)94-52-64-36-34-63(35-37-64)50-91-51-65-41-61(17)40-62(18)42-65/h19-49,53-60,91-92H,50-52H2,1-18H3/p+1. The maximum Gasteiger partial charge on any atom is -0.0505 e. The van der Waals surface area contributed by atoms with E-state index in [1.54, 1.807) is 22.3 Å². The molecule has 0 unspecified atom stereocenters. The van der Waals surface area contributed by atoms with Gasteiger partial charge in [0.25, 0.3) is 0 Å². The fourth-order valence-electron chi connectivity index (χ4n) is 14.2. The number of hydrogen-bond acceptors (Lipinski definition) is 4. The van der Waals surface area contributed by atoms with Gasteiger partial charge in [-0.15, -0.1) is 0 Å². The van der Waals surface area contributed by atoms with Crippen molar-refractivity contribution >= 4 is 34.4 Å². The van der Waals surface area contributed by atoms with E-state index >= 15 is 0 Å². The molecule has 4 nitrogen and oxygen atoms in total. The molecule has 10 aromatic rings. The van der Waals surface area contributed by atoms with Crippen LogP contribution in [-0.2, 0) is 24.4 Å². The third-order valence-corrected chi connectivity index (χ3v) is 23.4. The molecule has 10 rings (SSSR count). The van der Waals surface area contributed by atoms with Crippen LogP contribution in [0, 0.1) is 13.8 Å². The second-order valence-electron chi connectivity index (χ2n) is 29.2. The monoisotopic (exact) mass is 1360 g/mol. The topological polar surface area (TPSA) is 63.1 Å². The normalized spacial score (nSPS) is 11.9. The van der Waals surface area contributed by atoms with E-state index in [0.717, 1.165) is 40.9 Å². The molecule has 496 valence electrons. The Kier molecular flexibility index (Phi) is 23.1. The summed E-state index contributed by atoms with van der Waals surface area (Å²) in [6.07, 6.45) is 0. The van der Waals surface area contributed by atoms with E-state index < -0.39 is 19.8 Å². The van der Waals surface area contributed by atoms with Crippen molar-refractivity contribution in [3.05, 3.63) is 266 Å². The molecule has 3 N–H and O–H groups in total. The van der Waals surface area contributed by atoms with Crippen LogP contribution in [0.1, 0.15) is 241 Å². The quantitative estimate of drug-likeness (QED) is 0.0467. The third kappa shape index (κ3) is 16.1. The van der Waals surface area contributed by atoms with Gasteiger partial charge in [-0.2, -0.15) is 0 Å².